The molecule has 1 heterocycles. The van der Waals surface area contributed by atoms with Gasteiger partial charge in [0.15, 0.2) is 0 Å². The van der Waals surface area contributed by atoms with Crippen LogP contribution in [-0.2, 0) is 9.63 Å². The van der Waals surface area contributed by atoms with Crippen molar-refractivity contribution in [2.24, 2.45) is 0 Å². The molecule has 16 heavy (non-hydrogen) atoms. The maximum Gasteiger partial charge on any atom is 0.256 e. The first-order valence-corrected chi connectivity index (χ1v) is 6.44. The van der Waals surface area contributed by atoms with Crippen LogP contribution in [0.3, 0.4) is 0 Å². The maximum absolute atomic E-state index is 11.6. The summed E-state index contributed by atoms with van der Waals surface area (Å²) in [6, 6.07) is 7.46. The fourth-order valence-corrected chi connectivity index (χ4v) is 2.28. The quantitative estimate of drug-likeness (QED) is 0.780. The van der Waals surface area contributed by atoms with Crippen LogP contribution in [0, 0.1) is 0 Å². The van der Waals surface area contributed by atoms with Crippen molar-refractivity contribution in [1.82, 2.24) is 5.06 Å². The predicted molar refractivity (Wildman–Crippen MR) is 64.5 cm³/mol. The number of rotatable bonds is 3. The van der Waals surface area contributed by atoms with Crippen molar-refractivity contribution in [1.29, 1.82) is 0 Å². The van der Waals surface area contributed by atoms with Crippen molar-refractivity contribution in [3.63, 3.8) is 0 Å². The molecule has 0 spiro atoms. The second-order valence-electron chi connectivity index (χ2n) is 3.43. The lowest BCUT2D eigenvalue weighted by atomic mass is 10.4. The molecule has 5 heteroatoms. The number of hydrogen-bond acceptors (Lipinski definition) is 3. The first-order chi connectivity index (χ1) is 7.75. The van der Waals surface area contributed by atoms with Gasteiger partial charge in [0.1, 0.15) is 0 Å². The lowest BCUT2D eigenvalue weighted by molar-refractivity contribution is -0.165. The van der Waals surface area contributed by atoms with Gasteiger partial charge in [0.05, 0.1) is 18.9 Å². The monoisotopic (exact) mass is 257 g/mol. The Morgan fingerprint density at radius 2 is 2.19 bits per heavy atom. The summed E-state index contributed by atoms with van der Waals surface area (Å²) in [4.78, 5) is 17.9. The third-order valence-electron chi connectivity index (χ3n) is 2.21. The lowest BCUT2D eigenvalue weighted by Gasteiger charge is -2.13. The van der Waals surface area contributed by atoms with Gasteiger partial charge in [0, 0.05) is 9.92 Å². The average Bonchev–Trinajstić information content (AvgIpc) is 2.81. The zero-order valence-corrected chi connectivity index (χ0v) is 10.3. The van der Waals surface area contributed by atoms with Crippen molar-refractivity contribution in [2.45, 2.75) is 11.3 Å². The molecule has 0 aromatic heterocycles. The van der Waals surface area contributed by atoms with E-state index in [0.717, 1.165) is 11.3 Å². The Bertz CT molecular complexity index is 363. The molecule has 3 nitrogen and oxygen atoms in total. The predicted octanol–water partition coefficient (Wildman–Crippen LogP) is 2.60. The van der Waals surface area contributed by atoms with Crippen LogP contribution in [0.2, 0.25) is 5.02 Å². The van der Waals surface area contributed by atoms with E-state index >= 15 is 0 Å². The van der Waals surface area contributed by atoms with Gasteiger partial charge in [-0.2, -0.15) is 0 Å². The fraction of sp³-hybridized carbons (Fsp3) is 0.364. The van der Waals surface area contributed by atoms with Gasteiger partial charge in [-0.15, -0.1) is 11.8 Å². The fourth-order valence-electron chi connectivity index (χ4n) is 1.39. The molecule has 1 fully saturated rings. The number of carbonyl (C=O) groups excluding carboxylic acids is 1. The van der Waals surface area contributed by atoms with Crippen molar-refractivity contribution in [3.05, 3.63) is 29.3 Å². The van der Waals surface area contributed by atoms with Crippen molar-refractivity contribution >= 4 is 29.3 Å². The first-order valence-electron chi connectivity index (χ1n) is 5.07. The summed E-state index contributed by atoms with van der Waals surface area (Å²) >= 11 is 7.27. The number of halogens is 1. The minimum atomic E-state index is 0.0254. The Kier molecular flexibility index (Phi) is 4.09. The van der Waals surface area contributed by atoms with Gasteiger partial charge in [-0.25, -0.2) is 5.06 Å². The number of nitrogens with zero attached hydrogens (tertiary/aromatic N) is 1. The number of amides is 1. The summed E-state index contributed by atoms with van der Waals surface area (Å²) in [7, 11) is 0. The van der Waals surface area contributed by atoms with E-state index in [1.807, 2.05) is 24.3 Å². The van der Waals surface area contributed by atoms with E-state index in [1.165, 1.54) is 16.8 Å². The van der Waals surface area contributed by atoms with Crippen LogP contribution in [0.4, 0.5) is 0 Å². The van der Waals surface area contributed by atoms with Crippen LogP contribution in [0.5, 0.6) is 0 Å². The summed E-state index contributed by atoms with van der Waals surface area (Å²) < 4.78 is 0. The second-order valence-corrected chi connectivity index (χ2v) is 4.91. The van der Waals surface area contributed by atoms with Gasteiger partial charge in [-0.3, -0.25) is 9.63 Å². The van der Waals surface area contributed by atoms with Crippen LogP contribution < -0.4 is 0 Å². The van der Waals surface area contributed by atoms with E-state index in [0.29, 0.717) is 23.9 Å². The lowest BCUT2D eigenvalue weighted by Crippen LogP contribution is -2.28. The molecule has 0 saturated carbocycles. The highest BCUT2D eigenvalue weighted by Crippen LogP contribution is 2.21. The molecular weight excluding hydrogens is 246 g/mol. The number of thioether (sulfide) groups is 1. The van der Waals surface area contributed by atoms with Gasteiger partial charge < -0.3 is 0 Å². The van der Waals surface area contributed by atoms with E-state index in [-0.39, 0.29) is 5.91 Å². The highest BCUT2D eigenvalue weighted by atomic mass is 35.5. The Morgan fingerprint density at radius 1 is 1.44 bits per heavy atom. The highest BCUT2D eigenvalue weighted by Gasteiger charge is 2.18. The van der Waals surface area contributed by atoms with E-state index in [2.05, 4.69) is 0 Å². The molecule has 86 valence electrons. The molecule has 0 aliphatic carbocycles. The minimum Gasteiger partial charge on any atom is -0.272 e. The average molecular weight is 258 g/mol. The number of hydroxylamine groups is 2. The van der Waals surface area contributed by atoms with Gasteiger partial charge in [-0.1, -0.05) is 11.6 Å². The molecule has 0 radical (unpaired) electrons. The Hall–Kier alpha value is -0.710. The molecule has 1 amide bonds. The normalized spacial score (nSPS) is 15.4. The molecule has 1 saturated heterocycles. The maximum atomic E-state index is 11.6. The Balaban J connectivity index is 1.82. The van der Waals surface area contributed by atoms with Crippen molar-refractivity contribution in [3.8, 4) is 0 Å². The van der Waals surface area contributed by atoms with Crippen LogP contribution in [-0.4, -0.2) is 29.9 Å². The minimum absolute atomic E-state index is 0.0254. The van der Waals surface area contributed by atoms with Crippen LogP contribution >= 0.6 is 23.4 Å². The molecule has 0 unspecified atom stereocenters. The molecular formula is C11H12ClNO2S. The summed E-state index contributed by atoms with van der Waals surface area (Å²) in [5.74, 6) is 0.430. The summed E-state index contributed by atoms with van der Waals surface area (Å²) in [6.07, 6.45) is 0.928. The smallest absolute Gasteiger partial charge is 0.256 e. The Morgan fingerprint density at radius 3 is 2.81 bits per heavy atom. The van der Waals surface area contributed by atoms with E-state index in [4.69, 9.17) is 16.4 Å². The molecule has 1 aromatic carbocycles. The number of carbonyl (C=O) groups is 1. The summed E-state index contributed by atoms with van der Waals surface area (Å²) in [5.41, 5.74) is 0. The van der Waals surface area contributed by atoms with Crippen LogP contribution in [0.25, 0.3) is 0 Å². The first kappa shape index (κ1) is 11.8. The zero-order valence-electron chi connectivity index (χ0n) is 8.69. The highest BCUT2D eigenvalue weighted by molar-refractivity contribution is 8.00. The standard InChI is InChI=1S/C11H12ClNO2S/c12-9-2-4-10(5-3-9)16-8-11(14)13-6-1-7-15-13/h2-5H,1,6-8H2. The van der Waals surface area contributed by atoms with Crippen molar-refractivity contribution in [2.75, 3.05) is 18.9 Å². The van der Waals surface area contributed by atoms with Crippen molar-refractivity contribution < 1.29 is 9.63 Å². The molecule has 1 aromatic rings. The van der Waals surface area contributed by atoms with E-state index in [9.17, 15) is 4.79 Å². The summed E-state index contributed by atoms with van der Waals surface area (Å²) in [5, 5.41) is 2.15. The van der Waals surface area contributed by atoms with E-state index < -0.39 is 0 Å². The second kappa shape index (κ2) is 5.57. The third-order valence-corrected chi connectivity index (χ3v) is 3.46. The molecule has 1 aliphatic heterocycles. The largest absolute Gasteiger partial charge is 0.272 e. The van der Waals surface area contributed by atoms with Crippen LogP contribution in [0.1, 0.15) is 6.42 Å². The molecule has 0 N–H and O–H groups in total. The topological polar surface area (TPSA) is 29.5 Å². The molecule has 0 atom stereocenters. The van der Waals surface area contributed by atoms with Gasteiger partial charge >= 0.3 is 0 Å². The zero-order chi connectivity index (χ0) is 11.4. The molecule has 1 aliphatic rings. The summed E-state index contributed by atoms with van der Waals surface area (Å²) in [6.45, 7) is 1.36. The Labute approximate surface area is 104 Å². The third kappa shape index (κ3) is 3.14. The SMILES string of the molecule is O=C(CSc1ccc(Cl)cc1)N1CCCO1. The van der Waals surface area contributed by atoms with E-state index in [1.54, 1.807) is 0 Å². The molecule has 0 bridgehead atoms. The van der Waals surface area contributed by atoms with Gasteiger partial charge in [0.25, 0.3) is 5.91 Å². The number of benzene rings is 1. The molecule has 2 rings (SSSR count). The van der Waals surface area contributed by atoms with Gasteiger partial charge in [0.2, 0.25) is 0 Å². The van der Waals surface area contributed by atoms with Gasteiger partial charge in [-0.05, 0) is 30.7 Å². The number of hydrogen-bond donors (Lipinski definition) is 0. The van der Waals surface area contributed by atoms with Crippen LogP contribution in [0.15, 0.2) is 29.2 Å².